The van der Waals surface area contributed by atoms with Gasteiger partial charge in [-0.15, -0.1) is 0 Å². The fraction of sp³-hybridized carbons (Fsp3) is 0.538. The standard InChI is InChI=1S/C13H10BF9/c1-3-10(2,14)9-7(12(18,19)20)4-6(11(15,16)17)5-8(9)13(21,22)23/h4-5H,3H2,1-2H3. The van der Waals surface area contributed by atoms with Crippen molar-refractivity contribution in [3.63, 3.8) is 0 Å². The third kappa shape index (κ3) is 4.14. The van der Waals surface area contributed by atoms with Crippen molar-refractivity contribution >= 4 is 7.85 Å². The van der Waals surface area contributed by atoms with Crippen molar-refractivity contribution in [3.8, 4) is 0 Å². The van der Waals surface area contributed by atoms with E-state index in [1.165, 1.54) is 6.92 Å². The van der Waals surface area contributed by atoms with Crippen molar-refractivity contribution < 1.29 is 39.5 Å². The topological polar surface area (TPSA) is 0 Å². The van der Waals surface area contributed by atoms with Gasteiger partial charge in [0.25, 0.3) is 0 Å². The quantitative estimate of drug-likeness (QED) is 0.487. The number of rotatable bonds is 2. The van der Waals surface area contributed by atoms with Gasteiger partial charge in [0.05, 0.1) is 24.5 Å². The molecule has 0 amide bonds. The van der Waals surface area contributed by atoms with Gasteiger partial charge in [0.2, 0.25) is 0 Å². The minimum atomic E-state index is -5.42. The Morgan fingerprint density at radius 3 is 1.35 bits per heavy atom. The number of hydrogen-bond donors (Lipinski definition) is 0. The van der Waals surface area contributed by atoms with Crippen LogP contribution in [0.15, 0.2) is 12.1 Å². The Morgan fingerprint density at radius 2 is 1.13 bits per heavy atom. The zero-order valence-corrected chi connectivity index (χ0v) is 11.8. The van der Waals surface area contributed by atoms with E-state index in [4.69, 9.17) is 7.85 Å². The summed E-state index contributed by atoms with van der Waals surface area (Å²) in [6, 6.07) is -0.684. The second-order valence-corrected chi connectivity index (χ2v) is 5.21. The van der Waals surface area contributed by atoms with E-state index in [0.717, 1.165) is 6.92 Å². The molecule has 0 aliphatic carbocycles. The van der Waals surface area contributed by atoms with Crippen LogP contribution in [0.1, 0.15) is 42.5 Å². The first-order valence-electron chi connectivity index (χ1n) is 6.20. The summed E-state index contributed by atoms with van der Waals surface area (Å²) < 4.78 is 116. The molecule has 0 saturated heterocycles. The first kappa shape index (κ1) is 19.7. The van der Waals surface area contributed by atoms with Crippen LogP contribution < -0.4 is 0 Å². The van der Waals surface area contributed by atoms with Crippen LogP contribution in [0.2, 0.25) is 0 Å². The van der Waals surface area contributed by atoms with Crippen molar-refractivity contribution in [2.75, 3.05) is 0 Å². The molecule has 0 nitrogen and oxygen atoms in total. The second-order valence-electron chi connectivity index (χ2n) is 5.21. The number of halogens is 9. The largest absolute Gasteiger partial charge is 0.416 e. The molecule has 2 radical (unpaired) electrons. The van der Waals surface area contributed by atoms with Gasteiger partial charge in [-0.25, -0.2) is 0 Å². The summed E-state index contributed by atoms with van der Waals surface area (Å²) in [6.45, 7) is 2.14. The van der Waals surface area contributed by atoms with Gasteiger partial charge in [0.1, 0.15) is 0 Å². The van der Waals surface area contributed by atoms with E-state index in [1.54, 1.807) is 0 Å². The Kier molecular flexibility index (Phi) is 4.82. The van der Waals surface area contributed by atoms with E-state index in [1.807, 2.05) is 0 Å². The Labute approximate surface area is 127 Å². The summed E-state index contributed by atoms with van der Waals surface area (Å²) in [6.07, 6.45) is -16.6. The van der Waals surface area contributed by atoms with Crippen LogP contribution in [-0.4, -0.2) is 7.85 Å². The lowest BCUT2D eigenvalue weighted by molar-refractivity contribution is -0.149. The highest BCUT2D eigenvalue weighted by atomic mass is 19.4. The van der Waals surface area contributed by atoms with Crippen molar-refractivity contribution in [3.05, 3.63) is 34.4 Å². The third-order valence-corrected chi connectivity index (χ3v) is 3.38. The summed E-state index contributed by atoms with van der Waals surface area (Å²) in [4.78, 5) is 0. The molecule has 0 heterocycles. The minimum absolute atomic E-state index is 0.342. The summed E-state index contributed by atoms with van der Waals surface area (Å²) in [7, 11) is 5.51. The maximum absolute atomic E-state index is 13.1. The second kappa shape index (κ2) is 5.63. The fourth-order valence-electron chi connectivity index (χ4n) is 2.04. The third-order valence-electron chi connectivity index (χ3n) is 3.38. The zero-order valence-electron chi connectivity index (χ0n) is 11.8. The maximum atomic E-state index is 13.1. The highest BCUT2D eigenvalue weighted by molar-refractivity contribution is 6.16. The van der Waals surface area contributed by atoms with Crippen LogP contribution >= 0.6 is 0 Å². The molecule has 0 N–H and O–H groups in total. The summed E-state index contributed by atoms with van der Waals surface area (Å²) >= 11 is 0. The van der Waals surface area contributed by atoms with Gasteiger partial charge in [-0.05, 0) is 23.0 Å². The summed E-state index contributed by atoms with van der Waals surface area (Å²) in [5.74, 6) is 0. The van der Waals surface area contributed by atoms with Crippen LogP contribution in [0.3, 0.4) is 0 Å². The molecule has 23 heavy (non-hydrogen) atoms. The normalized spacial score (nSPS) is 16.3. The monoisotopic (exact) mass is 348 g/mol. The lowest BCUT2D eigenvalue weighted by Crippen LogP contribution is -2.31. The molecular formula is C13H10BF9. The van der Waals surface area contributed by atoms with E-state index in [9.17, 15) is 39.5 Å². The molecule has 10 heteroatoms. The molecule has 0 fully saturated rings. The molecule has 1 atom stereocenters. The molecule has 0 aliphatic rings. The van der Waals surface area contributed by atoms with E-state index in [0.29, 0.717) is 0 Å². The van der Waals surface area contributed by atoms with E-state index < -0.39 is 46.1 Å². The van der Waals surface area contributed by atoms with Gasteiger partial charge < -0.3 is 0 Å². The van der Waals surface area contributed by atoms with Crippen molar-refractivity contribution in [1.82, 2.24) is 0 Å². The van der Waals surface area contributed by atoms with Crippen LogP contribution in [0, 0.1) is 0 Å². The summed E-state index contributed by atoms with van der Waals surface area (Å²) in [5, 5.41) is -2.11. The molecule has 0 bridgehead atoms. The molecule has 0 aliphatic heterocycles. The SMILES string of the molecule is [B]C(C)(CC)c1c(C(F)(F)F)cc(C(F)(F)F)cc1C(F)(F)F. The van der Waals surface area contributed by atoms with Crippen LogP contribution in [0.5, 0.6) is 0 Å². The van der Waals surface area contributed by atoms with Crippen molar-refractivity contribution in [2.24, 2.45) is 0 Å². The summed E-state index contributed by atoms with van der Waals surface area (Å²) in [5.41, 5.74) is -7.50. The van der Waals surface area contributed by atoms with E-state index in [-0.39, 0.29) is 18.6 Å². The fourth-order valence-corrected chi connectivity index (χ4v) is 2.04. The first-order valence-corrected chi connectivity index (χ1v) is 6.20. The predicted molar refractivity (Wildman–Crippen MR) is 64.8 cm³/mol. The molecule has 1 unspecified atom stereocenters. The first-order chi connectivity index (χ1) is 10.0. The molecular weight excluding hydrogens is 338 g/mol. The molecule has 0 spiro atoms. The van der Waals surface area contributed by atoms with E-state index >= 15 is 0 Å². The number of alkyl halides is 9. The molecule has 1 aromatic carbocycles. The molecule has 0 saturated carbocycles. The zero-order chi connectivity index (χ0) is 18.4. The van der Waals surface area contributed by atoms with Gasteiger partial charge in [-0.3, -0.25) is 0 Å². The van der Waals surface area contributed by atoms with Crippen molar-refractivity contribution in [1.29, 1.82) is 0 Å². The molecule has 1 aromatic rings. The highest BCUT2D eigenvalue weighted by Gasteiger charge is 2.47. The Morgan fingerprint density at radius 1 is 0.783 bits per heavy atom. The predicted octanol–water partition coefficient (Wildman–Crippen LogP) is 5.54. The maximum Gasteiger partial charge on any atom is 0.416 e. The van der Waals surface area contributed by atoms with Gasteiger partial charge in [0, 0.05) is 0 Å². The van der Waals surface area contributed by atoms with Gasteiger partial charge >= 0.3 is 18.5 Å². The molecule has 0 aromatic heterocycles. The lowest BCUT2D eigenvalue weighted by Gasteiger charge is -2.32. The van der Waals surface area contributed by atoms with E-state index in [2.05, 4.69) is 0 Å². The molecule has 128 valence electrons. The average molecular weight is 348 g/mol. The van der Waals surface area contributed by atoms with Gasteiger partial charge in [0.15, 0.2) is 0 Å². The Hall–Kier alpha value is -1.35. The smallest absolute Gasteiger partial charge is 0.166 e. The molecule has 1 rings (SSSR count). The Balaban J connectivity index is 3.99. The van der Waals surface area contributed by atoms with Crippen LogP contribution in [0.4, 0.5) is 39.5 Å². The number of hydrogen-bond acceptors (Lipinski definition) is 0. The van der Waals surface area contributed by atoms with Crippen LogP contribution in [-0.2, 0) is 23.8 Å². The number of benzene rings is 1. The van der Waals surface area contributed by atoms with Crippen molar-refractivity contribution in [2.45, 2.75) is 44.1 Å². The van der Waals surface area contributed by atoms with Crippen LogP contribution in [0.25, 0.3) is 0 Å². The minimum Gasteiger partial charge on any atom is -0.166 e. The highest BCUT2D eigenvalue weighted by Crippen LogP contribution is 2.47. The van der Waals surface area contributed by atoms with Gasteiger partial charge in [-0.1, -0.05) is 20.3 Å². The average Bonchev–Trinajstić information content (AvgIpc) is 2.34. The Bertz CT molecular complexity index is 544. The lowest BCUT2D eigenvalue weighted by atomic mass is 9.61. The van der Waals surface area contributed by atoms with Gasteiger partial charge in [-0.2, -0.15) is 39.5 Å².